The van der Waals surface area contributed by atoms with E-state index in [0.29, 0.717) is 12.1 Å². The number of benzene rings is 1. The van der Waals surface area contributed by atoms with Crippen molar-refractivity contribution in [2.75, 3.05) is 6.61 Å². The maximum absolute atomic E-state index is 13.7. The molecule has 1 N–H and O–H groups in total. The van der Waals surface area contributed by atoms with Gasteiger partial charge in [0.15, 0.2) is 0 Å². The number of aryl methyl sites for hydroxylation is 1. The molecule has 1 atom stereocenters. The summed E-state index contributed by atoms with van der Waals surface area (Å²) in [5, 5.41) is 2.26. The van der Waals surface area contributed by atoms with E-state index in [9.17, 15) is 31.5 Å². The van der Waals surface area contributed by atoms with Gasteiger partial charge >= 0.3 is 18.2 Å². The molecule has 5 nitrogen and oxygen atoms in total. The number of alkyl halides is 3. The van der Waals surface area contributed by atoms with Crippen LogP contribution in [0.15, 0.2) is 24.8 Å². The Morgan fingerprint density at radius 1 is 1.17 bits per heavy atom. The molecule has 1 rings (SSSR count). The van der Waals surface area contributed by atoms with Crippen molar-refractivity contribution in [2.45, 2.75) is 51.4 Å². The zero-order valence-electron chi connectivity index (χ0n) is 16.2. The number of ether oxygens (including phenoxy) is 2. The summed E-state index contributed by atoms with van der Waals surface area (Å²) in [7, 11) is 0. The molecule has 0 radical (unpaired) electrons. The number of esters is 1. The standard InChI is InChI=1S/C19H22F5NO4/c1-5-8-28-17(27)25-14(16(26)29-18(2,3)4)7-6-11-9-12(20)15(13(21)10-11)19(22,23)24/h5,9-10,14H,1,6-8H2,2-4H3,(H,25,27). The van der Waals surface area contributed by atoms with E-state index in [1.165, 1.54) is 6.08 Å². The molecular weight excluding hydrogens is 401 g/mol. The molecule has 0 heterocycles. The highest BCUT2D eigenvalue weighted by Crippen LogP contribution is 2.34. The van der Waals surface area contributed by atoms with Gasteiger partial charge in [-0.3, -0.25) is 0 Å². The summed E-state index contributed by atoms with van der Waals surface area (Å²) in [4.78, 5) is 24.0. The smallest absolute Gasteiger partial charge is 0.422 e. The molecule has 0 aliphatic heterocycles. The predicted octanol–water partition coefficient (Wildman–Crippen LogP) is 4.54. The fraction of sp³-hybridized carbons (Fsp3) is 0.474. The van der Waals surface area contributed by atoms with E-state index < -0.39 is 47.1 Å². The number of nitrogens with one attached hydrogen (secondary N) is 1. The van der Waals surface area contributed by atoms with Crippen molar-refractivity contribution in [3.63, 3.8) is 0 Å². The Morgan fingerprint density at radius 3 is 2.17 bits per heavy atom. The Morgan fingerprint density at radius 2 is 1.72 bits per heavy atom. The van der Waals surface area contributed by atoms with E-state index in [-0.39, 0.29) is 25.0 Å². The third-order valence-electron chi connectivity index (χ3n) is 3.42. The summed E-state index contributed by atoms with van der Waals surface area (Å²) in [6.45, 7) is 8.03. The fourth-order valence-corrected chi connectivity index (χ4v) is 2.29. The lowest BCUT2D eigenvalue weighted by molar-refractivity contribution is -0.157. The zero-order chi connectivity index (χ0) is 22.4. The maximum Gasteiger partial charge on any atom is 0.422 e. The molecule has 1 aromatic carbocycles. The Bertz CT molecular complexity index is 733. The van der Waals surface area contributed by atoms with E-state index >= 15 is 0 Å². The van der Waals surface area contributed by atoms with Crippen molar-refractivity contribution >= 4 is 12.1 Å². The van der Waals surface area contributed by atoms with Crippen LogP contribution in [-0.4, -0.2) is 30.3 Å². The van der Waals surface area contributed by atoms with Crippen molar-refractivity contribution in [3.8, 4) is 0 Å². The largest absolute Gasteiger partial charge is 0.458 e. The number of amides is 1. The molecule has 10 heteroatoms. The number of rotatable bonds is 7. The van der Waals surface area contributed by atoms with Gasteiger partial charge in [0.25, 0.3) is 0 Å². The topological polar surface area (TPSA) is 64.6 Å². The van der Waals surface area contributed by atoms with Crippen LogP contribution in [0.25, 0.3) is 0 Å². The lowest BCUT2D eigenvalue weighted by Crippen LogP contribution is -2.44. The van der Waals surface area contributed by atoms with Gasteiger partial charge in [-0.25, -0.2) is 18.4 Å². The third-order valence-corrected chi connectivity index (χ3v) is 3.42. The summed E-state index contributed by atoms with van der Waals surface area (Å²) in [5.74, 6) is -4.36. The number of carbonyl (C=O) groups excluding carboxylic acids is 2. The number of hydrogen-bond donors (Lipinski definition) is 1. The van der Waals surface area contributed by atoms with Crippen molar-refractivity contribution in [2.24, 2.45) is 0 Å². The summed E-state index contributed by atoms with van der Waals surface area (Å²) >= 11 is 0. The van der Waals surface area contributed by atoms with Crippen LogP contribution in [-0.2, 0) is 26.9 Å². The monoisotopic (exact) mass is 423 g/mol. The number of hydrogen-bond acceptors (Lipinski definition) is 4. The number of halogens is 5. The van der Waals surface area contributed by atoms with E-state index in [0.717, 1.165) is 0 Å². The van der Waals surface area contributed by atoms with Crippen LogP contribution in [0.2, 0.25) is 0 Å². The second kappa shape index (κ2) is 9.71. The Balaban J connectivity index is 2.97. The second-order valence-electron chi connectivity index (χ2n) is 7.09. The molecule has 0 aliphatic carbocycles. The summed E-state index contributed by atoms with van der Waals surface area (Å²) in [6.07, 6.45) is -5.23. The minimum absolute atomic E-state index is 0.122. The molecule has 0 saturated heterocycles. The molecule has 0 aliphatic rings. The first kappa shape index (κ1) is 24.4. The van der Waals surface area contributed by atoms with Crippen LogP contribution in [0.4, 0.5) is 26.7 Å². The Labute approximate surface area is 164 Å². The van der Waals surface area contributed by atoms with Crippen LogP contribution in [0.5, 0.6) is 0 Å². The lowest BCUT2D eigenvalue weighted by Gasteiger charge is -2.24. The molecule has 162 valence electrons. The molecule has 0 bridgehead atoms. The van der Waals surface area contributed by atoms with Gasteiger partial charge in [-0.15, -0.1) is 0 Å². The molecule has 29 heavy (non-hydrogen) atoms. The highest BCUT2D eigenvalue weighted by atomic mass is 19.4. The second-order valence-corrected chi connectivity index (χ2v) is 7.09. The van der Waals surface area contributed by atoms with Crippen molar-refractivity contribution in [3.05, 3.63) is 47.5 Å². The van der Waals surface area contributed by atoms with E-state index in [2.05, 4.69) is 11.9 Å². The van der Waals surface area contributed by atoms with Gasteiger partial charge in [0.2, 0.25) is 0 Å². The minimum atomic E-state index is -5.18. The third kappa shape index (κ3) is 8.08. The van der Waals surface area contributed by atoms with Crippen molar-refractivity contribution < 1.29 is 41.0 Å². The van der Waals surface area contributed by atoms with Crippen LogP contribution in [0, 0.1) is 11.6 Å². The van der Waals surface area contributed by atoms with Gasteiger partial charge in [-0.05, 0) is 51.3 Å². The van der Waals surface area contributed by atoms with E-state index in [4.69, 9.17) is 9.47 Å². The van der Waals surface area contributed by atoms with Gasteiger partial charge in [-0.2, -0.15) is 13.2 Å². The minimum Gasteiger partial charge on any atom is -0.458 e. The van der Waals surface area contributed by atoms with Gasteiger partial charge in [0, 0.05) is 0 Å². The van der Waals surface area contributed by atoms with Crippen molar-refractivity contribution in [1.82, 2.24) is 5.32 Å². The van der Waals surface area contributed by atoms with Gasteiger partial charge in [0.1, 0.15) is 35.4 Å². The van der Waals surface area contributed by atoms with E-state index in [1.807, 2.05) is 0 Å². The molecule has 0 fully saturated rings. The van der Waals surface area contributed by atoms with E-state index in [1.54, 1.807) is 20.8 Å². The molecule has 1 unspecified atom stereocenters. The first-order valence-electron chi connectivity index (χ1n) is 8.56. The summed E-state index contributed by atoms with van der Waals surface area (Å²) in [5.41, 5.74) is -2.99. The normalized spacial score (nSPS) is 12.8. The summed E-state index contributed by atoms with van der Waals surface area (Å²) in [6, 6.07) is -0.178. The lowest BCUT2D eigenvalue weighted by atomic mass is 10.0. The maximum atomic E-state index is 13.7. The fourth-order valence-electron chi connectivity index (χ4n) is 2.29. The quantitative estimate of drug-likeness (QED) is 0.397. The van der Waals surface area contributed by atoms with Gasteiger partial charge < -0.3 is 14.8 Å². The number of alkyl carbamates (subject to hydrolysis) is 1. The average molecular weight is 423 g/mol. The highest BCUT2D eigenvalue weighted by Gasteiger charge is 2.38. The first-order chi connectivity index (χ1) is 13.2. The van der Waals surface area contributed by atoms with Crippen molar-refractivity contribution in [1.29, 1.82) is 0 Å². The zero-order valence-corrected chi connectivity index (χ0v) is 16.2. The van der Waals surface area contributed by atoms with Gasteiger partial charge in [-0.1, -0.05) is 12.7 Å². The highest BCUT2D eigenvalue weighted by molar-refractivity contribution is 5.81. The first-order valence-corrected chi connectivity index (χ1v) is 8.56. The van der Waals surface area contributed by atoms with Crippen LogP contribution < -0.4 is 5.32 Å². The Kier molecular flexibility index (Phi) is 8.16. The SMILES string of the molecule is C=CCOC(=O)NC(CCc1cc(F)c(C(F)(F)F)c(F)c1)C(=O)OC(C)(C)C. The van der Waals surface area contributed by atoms with Crippen LogP contribution in [0.1, 0.15) is 38.3 Å². The molecule has 0 saturated carbocycles. The average Bonchev–Trinajstić information content (AvgIpc) is 2.53. The summed E-state index contributed by atoms with van der Waals surface area (Å²) < 4.78 is 75.3. The number of carbonyl (C=O) groups is 2. The molecular formula is C19H22F5NO4. The molecule has 0 aromatic heterocycles. The Hall–Kier alpha value is -2.65. The molecule has 1 aromatic rings. The van der Waals surface area contributed by atoms with Crippen LogP contribution in [0.3, 0.4) is 0 Å². The predicted molar refractivity (Wildman–Crippen MR) is 94.0 cm³/mol. The molecule has 0 spiro atoms. The van der Waals surface area contributed by atoms with Gasteiger partial charge in [0.05, 0.1) is 0 Å². The molecule has 1 amide bonds. The van der Waals surface area contributed by atoms with Crippen LogP contribution >= 0.6 is 0 Å².